The van der Waals surface area contributed by atoms with E-state index < -0.39 is 29.0 Å². The second kappa shape index (κ2) is 4.91. The summed E-state index contributed by atoms with van der Waals surface area (Å²) in [5.41, 5.74) is 0. The van der Waals surface area contributed by atoms with Gasteiger partial charge in [0.15, 0.2) is 17.4 Å². The fraction of sp³-hybridized carbons (Fsp3) is 0.400. The molecule has 0 aliphatic heterocycles. The summed E-state index contributed by atoms with van der Waals surface area (Å²) in [6.07, 6.45) is 0. The third-order valence-electron chi connectivity index (χ3n) is 1.66. The lowest BCUT2D eigenvalue weighted by Gasteiger charge is -2.12. The maximum atomic E-state index is 13.2. The lowest BCUT2D eigenvalue weighted by molar-refractivity contribution is 0.259. The van der Waals surface area contributed by atoms with Crippen molar-refractivity contribution in [3.8, 4) is 11.5 Å². The van der Waals surface area contributed by atoms with Gasteiger partial charge in [-0.1, -0.05) is 0 Å². The number of hydrogen-bond donors (Lipinski definition) is 0. The largest absolute Gasteiger partial charge is 0.487 e. The quantitative estimate of drug-likeness (QED) is 0.726. The van der Waals surface area contributed by atoms with Crippen LogP contribution in [0.3, 0.4) is 0 Å². The summed E-state index contributed by atoms with van der Waals surface area (Å²) in [6, 6.07) is 0.433. The number of ether oxygens (including phenoxy) is 2. The normalized spacial score (nSPS) is 10.2. The smallest absolute Gasteiger partial charge is 0.204 e. The summed E-state index contributed by atoms with van der Waals surface area (Å²) in [5.74, 6) is -4.41. The summed E-state index contributed by atoms with van der Waals surface area (Å²) in [6.45, 7) is 3.43. The van der Waals surface area contributed by atoms with Crippen LogP contribution in [0.25, 0.3) is 0 Å². The maximum Gasteiger partial charge on any atom is 0.204 e. The molecule has 0 aliphatic rings. The summed E-state index contributed by atoms with van der Waals surface area (Å²) in [4.78, 5) is 0. The molecule has 0 saturated heterocycles. The Bertz CT molecular complexity index is 353. The Labute approximate surface area is 85.6 Å². The fourth-order valence-electron chi connectivity index (χ4n) is 1.11. The summed E-state index contributed by atoms with van der Waals surface area (Å²) in [5, 5.41) is 0. The van der Waals surface area contributed by atoms with Gasteiger partial charge in [-0.2, -0.15) is 4.39 Å². The predicted octanol–water partition coefficient (Wildman–Crippen LogP) is 2.90. The Morgan fingerprint density at radius 3 is 2.00 bits per heavy atom. The van der Waals surface area contributed by atoms with E-state index in [9.17, 15) is 13.2 Å². The molecule has 0 amide bonds. The van der Waals surface area contributed by atoms with E-state index in [0.717, 1.165) is 0 Å². The molecule has 0 heterocycles. The number of benzene rings is 1. The molecule has 0 spiro atoms. The topological polar surface area (TPSA) is 18.5 Å². The standard InChI is InChI=1S/C10H11F3O2/c1-3-14-9-7(12)5-6(11)8(13)10(9)15-4-2/h5H,3-4H2,1-2H3. The lowest BCUT2D eigenvalue weighted by atomic mass is 10.2. The van der Waals surface area contributed by atoms with Crippen LogP contribution in [0.4, 0.5) is 13.2 Å². The van der Waals surface area contributed by atoms with Crippen molar-refractivity contribution in [2.75, 3.05) is 13.2 Å². The summed E-state index contributed by atoms with van der Waals surface area (Å²) < 4.78 is 48.9. The first-order chi connectivity index (χ1) is 7.11. The minimum atomic E-state index is -1.29. The molecule has 0 bridgehead atoms. The van der Waals surface area contributed by atoms with Crippen LogP contribution in [0.15, 0.2) is 6.07 Å². The fourth-order valence-corrected chi connectivity index (χ4v) is 1.11. The van der Waals surface area contributed by atoms with E-state index >= 15 is 0 Å². The van der Waals surface area contributed by atoms with Crippen molar-refractivity contribution < 1.29 is 22.6 Å². The molecule has 0 saturated carbocycles. The SMILES string of the molecule is CCOc1c(F)cc(F)c(F)c1OCC. The molecule has 15 heavy (non-hydrogen) atoms. The molecule has 1 aromatic rings. The maximum absolute atomic E-state index is 13.2. The Morgan fingerprint density at radius 2 is 1.47 bits per heavy atom. The highest BCUT2D eigenvalue weighted by Gasteiger charge is 2.21. The monoisotopic (exact) mass is 220 g/mol. The Kier molecular flexibility index (Phi) is 3.82. The molecule has 0 radical (unpaired) electrons. The van der Waals surface area contributed by atoms with Gasteiger partial charge in [0.2, 0.25) is 11.6 Å². The van der Waals surface area contributed by atoms with Gasteiger partial charge in [0.25, 0.3) is 0 Å². The molecule has 1 rings (SSSR count). The van der Waals surface area contributed by atoms with Crippen molar-refractivity contribution in [1.82, 2.24) is 0 Å². The molecule has 5 heteroatoms. The third kappa shape index (κ3) is 2.34. The van der Waals surface area contributed by atoms with Crippen LogP contribution >= 0.6 is 0 Å². The van der Waals surface area contributed by atoms with Gasteiger partial charge in [-0.05, 0) is 13.8 Å². The van der Waals surface area contributed by atoms with Gasteiger partial charge >= 0.3 is 0 Å². The van der Waals surface area contributed by atoms with Gasteiger partial charge in [0.1, 0.15) is 0 Å². The minimum Gasteiger partial charge on any atom is -0.487 e. The van der Waals surface area contributed by atoms with Crippen LogP contribution in [0.2, 0.25) is 0 Å². The lowest BCUT2D eigenvalue weighted by Crippen LogP contribution is -2.04. The van der Waals surface area contributed by atoms with E-state index in [1.54, 1.807) is 13.8 Å². The van der Waals surface area contributed by atoms with Crippen molar-refractivity contribution in [2.24, 2.45) is 0 Å². The highest BCUT2D eigenvalue weighted by Crippen LogP contribution is 2.34. The van der Waals surface area contributed by atoms with Crippen LogP contribution in [-0.2, 0) is 0 Å². The van der Waals surface area contributed by atoms with Crippen LogP contribution in [-0.4, -0.2) is 13.2 Å². The zero-order valence-electron chi connectivity index (χ0n) is 8.44. The van der Waals surface area contributed by atoms with Crippen molar-refractivity contribution in [3.05, 3.63) is 23.5 Å². The van der Waals surface area contributed by atoms with Gasteiger partial charge < -0.3 is 9.47 Å². The molecule has 0 unspecified atom stereocenters. The van der Waals surface area contributed by atoms with E-state index in [2.05, 4.69) is 0 Å². The average molecular weight is 220 g/mol. The van der Waals surface area contributed by atoms with E-state index in [1.165, 1.54) is 0 Å². The molecule has 0 atom stereocenters. The van der Waals surface area contributed by atoms with Crippen LogP contribution in [0.5, 0.6) is 11.5 Å². The zero-order valence-corrected chi connectivity index (χ0v) is 8.44. The molecule has 0 N–H and O–H groups in total. The first-order valence-electron chi connectivity index (χ1n) is 4.54. The van der Waals surface area contributed by atoms with Gasteiger partial charge in [-0.15, -0.1) is 0 Å². The van der Waals surface area contributed by atoms with Crippen molar-refractivity contribution in [2.45, 2.75) is 13.8 Å². The second-order valence-corrected chi connectivity index (χ2v) is 2.68. The first-order valence-corrected chi connectivity index (χ1v) is 4.54. The van der Waals surface area contributed by atoms with Gasteiger partial charge in [0.05, 0.1) is 13.2 Å². The average Bonchev–Trinajstić information content (AvgIpc) is 2.20. The van der Waals surface area contributed by atoms with Crippen LogP contribution in [0.1, 0.15) is 13.8 Å². The van der Waals surface area contributed by atoms with Gasteiger partial charge in [0, 0.05) is 6.07 Å². The van der Waals surface area contributed by atoms with E-state index in [1.807, 2.05) is 0 Å². The third-order valence-corrected chi connectivity index (χ3v) is 1.66. The Balaban J connectivity index is 3.26. The highest BCUT2D eigenvalue weighted by atomic mass is 19.2. The molecular formula is C10H11F3O2. The molecule has 2 nitrogen and oxygen atoms in total. The van der Waals surface area contributed by atoms with Gasteiger partial charge in [-0.25, -0.2) is 8.78 Å². The summed E-state index contributed by atoms with van der Waals surface area (Å²) >= 11 is 0. The molecule has 0 fully saturated rings. The van der Waals surface area contributed by atoms with E-state index in [4.69, 9.17) is 9.47 Å². The second-order valence-electron chi connectivity index (χ2n) is 2.68. The molecule has 1 aromatic carbocycles. The van der Waals surface area contributed by atoms with Crippen molar-refractivity contribution in [3.63, 3.8) is 0 Å². The number of halogens is 3. The first kappa shape index (κ1) is 11.7. The Morgan fingerprint density at radius 1 is 0.933 bits per heavy atom. The van der Waals surface area contributed by atoms with Crippen molar-refractivity contribution >= 4 is 0 Å². The molecule has 0 aliphatic carbocycles. The molecular weight excluding hydrogens is 209 g/mol. The van der Waals surface area contributed by atoms with E-state index in [0.29, 0.717) is 6.07 Å². The van der Waals surface area contributed by atoms with Gasteiger partial charge in [-0.3, -0.25) is 0 Å². The molecule has 84 valence electrons. The number of rotatable bonds is 4. The predicted molar refractivity (Wildman–Crippen MR) is 48.7 cm³/mol. The summed E-state index contributed by atoms with van der Waals surface area (Å²) in [7, 11) is 0. The van der Waals surface area contributed by atoms with Crippen LogP contribution < -0.4 is 9.47 Å². The molecule has 0 aromatic heterocycles. The Hall–Kier alpha value is -1.39. The highest BCUT2D eigenvalue weighted by molar-refractivity contribution is 5.42. The minimum absolute atomic E-state index is 0.0971. The van der Waals surface area contributed by atoms with Crippen molar-refractivity contribution in [1.29, 1.82) is 0 Å². The van der Waals surface area contributed by atoms with Crippen LogP contribution in [0, 0.1) is 17.5 Å². The van der Waals surface area contributed by atoms with E-state index in [-0.39, 0.29) is 13.2 Å². The number of hydrogen-bond acceptors (Lipinski definition) is 2. The zero-order chi connectivity index (χ0) is 11.4.